The average molecular weight is 432 g/mol. The van der Waals surface area contributed by atoms with Crippen LogP contribution in [0.3, 0.4) is 0 Å². The van der Waals surface area contributed by atoms with Gasteiger partial charge in [0.2, 0.25) is 11.9 Å². The van der Waals surface area contributed by atoms with E-state index in [4.69, 9.17) is 9.97 Å². The molecule has 0 bridgehead atoms. The molecular formula is C22H25N9O. The van der Waals surface area contributed by atoms with E-state index in [0.29, 0.717) is 17.6 Å². The van der Waals surface area contributed by atoms with Crippen molar-refractivity contribution in [2.45, 2.75) is 56.9 Å². The van der Waals surface area contributed by atoms with Gasteiger partial charge in [-0.2, -0.15) is 10.1 Å². The maximum atomic E-state index is 13.0. The number of fused-ring (bicyclic) bond motifs is 1. The van der Waals surface area contributed by atoms with E-state index < -0.39 is 0 Å². The van der Waals surface area contributed by atoms with Gasteiger partial charge in [0.05, 0.1) is 23.8 Å². The lowest BCUT2D eigenvalue weighted by Gasteiger charge is -2.25. The minimum atomic E-state index is -0.325. The Morgan fingerprint density at radius 2 is 1.97 bits per heavy atom. The van der Waals surface area contributed by atoms with E-state index in [2.05, 4.69) is 36.9 Å². The van der Waals surface area contributed by atoms with E-state index in [-0.39, 0.29) is 11.9 Å². The number of hydrogen-bond acceptors (Lipinski definition) is 8. The number of hydrogen-bond donors (Lipinski definition) is 3. The number of amides is 1. The summed E-state index contributed by atoms with van der Waals surface area (Å²) < 4.78 is 0. The third kappa shape index (κ3) is 3.65. The van der Waals surface area contributed by atoms with Gasteiger partial charge in [-0.05, 0) is 44.9 Å². The van der Waals surface area contributed by atoms with Crippen LogP contribution in [0.5, 0.6) is 0 Å². The molecule has 1 atom stereocenters. The Hall–Kier alpha value is -3.56. The van der Waals surface area contributed by atoms with E-state index >= 15 is 0 Å². The van der Waals surface area contributed by atoms with Crippen LogP contribution in [0.4, 0.5) is 23.3 Å². The van der Waals surface area contributed by atoms with Crippen molar-refractivity contribution in [2.75, 3.05) is 22.1 Å². The summed E-state index contributed by atoms with van der Waals surface area (Å²) in [5.74, 6) is 2.72. The van der Waals surface area contributed by atoms with Gasteiger partial charge in [0.25, 0.3) is 0 Å². The fourth-order valence-corrected chi connectivity index (χ4v) is 4.64. The summed E-state index contributed by atoms with van der Waals surface area (Å²) in [5.41, 5.74) is 4.00. The zero-order chi connectivity index (χ0) is 21.5. The molecule has 1 saturated heterocycles. The van der Waals surface area contributed by atoms with Crippen molar-refractivity contribution in [1.82, 2.24) is 30.1 Å². The van der Waals surface area contributed by atoms with Crippen LogP contribution >= 0.6 is 0 Å². The molecular weight excluding hydrogens is 406 g/mol. The van der Waals surface area contributed by atoms with Gasteiger partial charge in [-0.15, -0.1) is 0 Å². The number of nitrogens with one attached hydrogen (secondary N) is 3. The quantitative estimate of drug-likeness (QED) is 0.544. The third-order valence-corrected chi connectivity index (χ3v) is 6.42. The van der Waals surface area contributed by atoms with Crippen molar-refractivity contribution in [2.24, 2.45) is 0 Å². The summed E-state index contributed by atoms with van der Waals surface area (Å²) in [6.07, 6.45) is 11.7. The normalized spacial score (nSPS) is 19.8. The summed E-state index contributed by atoms with van der Waals surface area (Å²) in [6, 6.07) is 1.75. The Bertz CT molecular complexity index is 1140. The van der Waals surface area contributed by atoms with Crippen molar-refractivity contribution in [1.29, 1.82) is 0 Å². The molecule has 4 heterocycles. The number of anilines is 4. The molecule has 32 heavy (non-hydrogen) atoms. The molecule has 1 saturated carbocycles. The largest absolute Gasteiger partial charge is 0.329 e. The molecule has 3 aliphatic rings. The molecule has 10 heteroatoms. The number of aromatic amines is 1. The van der Waals surface area contributed by atoms with E-state index in [1.54, 1.807) is 12.4 Å². The first-order valence-electron chi connectivity index (χ1n) is 11.3. The first-order valence-corrected chi connectivity index (χ1v) is 11.3. The molecule has 2 aliphatic carbocycles. The summed E-state index contributed by atoms with van der Waals surface area (Å²) in [5, 5.41) is 13.9. The lowest BCUT2D eigenvalue weighted by Crippen LogP contribution is -2.40. The number of nitrogens with zero attached hydrogens (tertiary/aromatic N) is 6. The zero-order valence-electron chi connectivity index (χ0n) is 17.7. The topological polar surface area (TPSA) is 125 Å². The Kier molecular flexibility index (Phi) is 4.70. The van der Waals surface area contributed by atoms with Crippen LogP contribution in [0.25, 0.3) is 0 Å². The molecule has 164 valence electrons. The number of aryl methyl sites for hydroxylation is 1. The van der Waals surface area contributed by atoms with Crippen LogP contribution < -0.4 is 15.5 Å². The highest BCUT2D eigenvalue weighted by Gasteiger charge is 2.34. The average Bonchev–Trinajstić information content (AvgIpc) is 3.20. The summed E-state index contributed by atoms with van der Waals surface area (Å²) in [4.78, 5) is 32.7. The van der Waals surface area contributed by atoms with Gasteiger partial charge >= 0.3 is 0 Å². The van der Waals surface area contributed by atoms with Gasteiger partial charge in [-0.3, -0.25) is 9.89 Å². The maximum absolute atomic E-state index is 13.0. The minimum Gasteiger partial charge on any atom is -0.329 e. The van der Waals surface area contributed by atoms with E-state index in [9.17, 15) is 4.79 Å². The molecule has 0 unspecified atom stereocenters. The van der Waals surface area contributed by atoms with E-state index in [1.165, 1.54) is 24.9 Å². The highest BCUT2D eigenvalue weighted by molar-refractivity contribution is 5.96. The van der Waals surface area contributed by atoms with Crippen molar-refractivity contribution in [3.05, 3.63) is 41.7 Å². The van der Waals surface area contributed by atoms with Crippen LogP contribution in [0, 0.1) is 0 Å². The Morgan fingerprint density at radius 3 is 2.81 bits per heavy atom. The Morgan fingerprint density at radius 1 is 1.09 bits per heavy atom. The number of H-pyrrole nitrogens is 1. The highest BCUT2D eigenvalue weighted by Crippen LogP contribution is 2.40. The van der Waals surface area contributed by atoms with E-state index in [0.717, 1.165) is 61.5 Å². The summed E-state index contributed by atoms with van der Waals surface area (Å²) in [7, 11) is 0. The SMILES string of the molecule is O=C(Nc1cncnc1)[C@H]1CCCN1c1nc2c(c(Nc3cc(C4CC4)[nH]n3)n1)CCC2. The number of rotatable bonds is 6. The van der Waals surface area contributed by atoms with Gasteiger partial charge in [0.1, 0.15) is 18.2 Å². The monoisotopic (exact) mass is 431 g/mol. The zero-order valence-corrected chi connectivity index (χ0v) is 17.7. The molecule has 0 aromatic carbocycles. The Balaban J connectivity index is 1.27. The van der Waals surface area contributed by atoms with Gasteiger partial charge in [-0.1, -0.05) is 0 Å². The summed E-state index contributed by atoms with van der Waals surface area (Å²) >= 11 is 0. The van der Waals surface area contributed by atoms with Crippen molar-refractivity contribution in [3.63, 3.8) is 0 Å². The molecule has 1 amide bonds. The second-order valence-electron chi connectivity index (χ2n) is 8.73. The van der Waals surface area contributed by atoms with Gasteiger partial charge in [-0.25, -0.2) is 15.0 Å². The predicted octanol–water partition coefficient (Wildman–Crippen LogP) is 2.71. The second kappa shape index (κ2) is 7.85. The first kappa shape index (κ1) is 19.1. The smallest absolute Gasteiger partial charge is 0.247 e. The maximum Gasteiger partial charge on any atom is 0.247 e. The third-order valence-electron chi connectivity index (χ3n) is 6.42. The molecule has 1 aliphatic heterocycles. The van der Waals surface area contributed by atoms with Crippen molar-refractivity contribution in [3.8, 4) is 0 Å². The van der Waals surface area contributed by atoms with Crippen LogP contribution in [-0.2, 0) is 17.6 Å². The van der Waals surface area contributed by atoms with Gasteiger partial charge in [0.15, 0.2) is 5.82 Å². The number of carbonyl (C=O) groups excluding carboxylic acids is 1. The van der Waals surface area contributed by atoms with Crippen molar-refractivity contribution < 1.29 is 4.79 Å². The van der Waals surface area contributed by atoms with Crippen LogP contribution in [-0.4, -0.2) is 48.6 Å². The summed E-state index contributed by atoms with van der Waals surface area (Å²) in [6.45, 7) is 0.746. The second-order valence-corrected chi connectivity index (χ2v) is 8.73. The van der Waals surface area contributed by atoms with Crippen LogP contribution in [0.15, 0.2) is 24.8 Å². The Labute approximate surface area is 185 Å². The highest BCUT2D eigenvalue weighted by atomic mass is 16.2. The molecule has 3 aromatic heterocycles. The van der Waals surface area contributed by atoms with Crippen LogP contribution in [0.1, 0.15) is 55.0 Å². The standard InChI is InChI=1S/C22H25N9O/c32-21(25-14-10-23-12-24-11-14)18-5-2-8-31(18)22-26-16-4-1-3-15(16)20(28-22)27-19-9-17(29-30-19)13-6-7-13/h9-13,18H,1-8H2,(H,25,32)(H2,26,27,28,29,30)/t18-/m1/s1. The number of aromatic nitrogens is 6. The molecule has 0 radical (unpaired) electrons. The van der Waals surface area contributed by atoms with Crippen molar-refractivity contribution >= 4 is 29.2 Å². The molecule has 10 nitrogen and oxygen atoms in total. The fraction of sp³-hybridized carbons (Fsp3) is 0.455. The lowest BCUT2D eigenvalue weighted by atomic mass is 10.2. The molecule has 2 fully saturated rings. The minimum absolute atomic E-state index is 0.0858. The molecule has 3 aromatic rings. The first-order chi connectivity index (χ1) is 15.7. The van der Waals surface area contributed by atoms with Gasteiger partial charge < -0.3 is 15.5 Å². The fourth-order valence-electron chi connectivity index (χ4n) is 4.64. The number of carbonyl (C=O) groups is 1. The predicted molar refractivity (Wildman–Crippen MR) is 119 cm³/mol. The van der Waals surface area contributed by atoms with E-state index in [1.807, 2.05) is 4.90 Å². The molecule has 6 rings (SSSR count). The lowest BCUT2D eigenvalue weighted by molar-refractivity contribution is -0.117. The van der Waals surface area contributed by atoms with Gasteiger partial charge in [0, 0.05) is 29.8 Å². The molecule has 0 spiro atoms. The molecule has 3 N–H and O–H groups in total. The van der Waals surface area contributed by atoms with Crippen LogP contribution in [0.2, 0.25) is 0 Å².